The van der Waals surface area contributed by atoms with Crippen LogP contribution in [0, 0.1) is 5.82 Å². The minimum atomic E-state index is -0.258. The fraction of sp³-hybridized carbons (Fsp3) is 0.154. The second-order valence-electron chi connectivity index (χ2n) is 4.36. The summed E-state index contributed by atoms with van der Waals surface area (Å²) in [5.41, 5.74) is 7.61. The highest BCUT2D eigenvalue weighted by Crippen LogP contribution is 2.29. The fourth-order valence-electron chi connectivity index (χ4n) is 2.13. The highest BCUT2D eigenvalue weighted by Gasteiger charge is 2.14. The SMILES string of the molecule is Cn1nc(-c2ccc3c(ccn3C)c2F)cc1N. The second kappa shape index (κ2) is 3.60. The van der Waals surface area contributed by atoms with E-state index in [0.29, 0.717) is 22.5 Å². The normalized spacial score (nSPS) is 11.3. The Balaban J connectivity index is 2.26. The zero-order valence-corrected chi connectivity index (χ0v) is 10.2. The maximum atomic E-state index is 14.4. The number of hydrogen-bond donors (Lipinski definition) is 1. The number of rotatable bonds is 1. The molecule has 0 spiro atoms. The first-order valence-corrected chi connectivity index (χ1v) is 5.61. The zero-order chi connectivity index (χ0) is 12.9. The van der Waals surface area contributed by atoms with Crippen molar-refractivity contribution in [2.24, 2.45) is 14.1 Å². The summed E-state index contributed by atoms with van der Waals surface area (Å²) in [5, 5.41) is 4.80. The van der Waals surface area contributed by atoms with Crippen molar-refractivity contribution < 1.29 is 4.39 Å². The van der Waals surface area contributed by atoms with Crippen LogP contribution in [0.2, 0.25) is 0 Å². The third-order valence-electron chi connectivity index (χ3n) is 3.19. The van der Waals surface area contributed by atoms with Gasteiger partial charge < -0.3 is 10.3 Å². The largest absolute Gasteiger partial charge is 0.384 e. The molecule has 0 aliphatic heterocycles. The lowest BCUT2D eigenvalue weighted by molar-refractivity contribution is 0.641. The van der Waals surface area contributed by atoms with Crippen LogP contribution in [0.1, 0.15) is 0 Å². The van der Waals surface area contributed by atoms with Gasteiger partial charge >= 0.3 is 0 Å². The summed E-state index contributed by atoms with van der Waals surface area (Å²) in [4.78, 5) is 0. The molecular weight excluding hydrogens is 231 g/mol. The van der Waals surface area contributed by atoms with Gasteiger partial charge in [0.1, 0.15) is 11.6 Å². The molecule has 2 heterocycles. The topological polar surface area (TPSA) is 48.8 Å². The molecule has 0 saturated carbocycles. The van der Waals surface area contributed by atoms with E-state index in [4.69, 9.17) is 5.73 Å². The van der Waals surface area contributed by atoms with Crippen LogP contribution in [0.3, 0.4) is 0 Å². The van der Waals surface area contributed by atoms with Crippen molar-refractivity contribution in [3.63, 3.8) is 0 Å². The van der Waals surface area contributed by atoms with Crippen LogP contribution < -0.4 is 5.73 Å². The molecule has 3 rings (SSSR count). The molecule has 0 unspecified atom stereocenters. The Bertz CT molecular complexity index is 719. The second-order valence-corrected chi connectivity index (χ2v) is 4.36. The molecule has 18 heavy (non-hydrogen) atoms. The predicted octanol–water partition coefficient (Wildman–Crippen LogP) is 2.30. The molecule has 2 N–H and O–H groups in total. The number of aromatic nitrogens is 3. The molecule has 0 fully saturated rings. The van der Waals surface area contributed by atoms with Gasteiger partial charge in [0.25, 0.3) is 0 Å². The van der Waals surface area contributed by atoms with E-state index in [1.54, 1.807) is 25.2 Å². The third kappa shape index (κ3) is 1.40. The number of aryl methyl sites for hydroxylation is 2. The Labute approximate surface area is 103 Å². The third-order valence-corrected chi connectivity index (χ3v) is 3.19. The summed E-state index contributed by atoms with van der Waals surface area (Å²) in [7, 11) is 3.62. The highest BCUT2D eigenvalue weighted by atomic mass is 19.1. The first kappa shape index (κ1) is 10.8. The van der Waals surface area contributed by atoms with Crippen LogP contribution in [0.25, 0.3) is 22.2 Å². The fourth-order valence-corrected chi connectivity index (χ4v) is 2.13. The van der Waals surface area contributed by atoms with Crippen molar-refractivity contribution in [1.82, 2.24) is 14.3 Å². The number of fused-ring (bicyclic) bond motifs is 1. The van der Waals surface area contributed by atoms with Gasteiger partial charge in [0, 0.05) is 37.3 Å². The molecular formula is C13H13FN4. The first-order chi connectivity index (χ1) is 8.58. The average molecular weight is 244 g/mol. The summed E-state index contributed by atoms with van der Waals surface area (Å²) in [5.74, 6) is 0.253. The van der Waals surface area contributed by atoms with E-state index in [1.165, 1.54) is 4.68 Å². The maximum Gasteiger partial charge on any atom is 0.142 e. The molecule has 2 aromatic heterocycles. The van der Waals surface area contributed by atoms with E-state index < -0.39 is 0 Å². The molecule has 5 heteroatoms. The average Bonchev–Trinajstić information content (AvgIpc) is 2.86. The van der Waals surface area contributed by atoms with E-state index in [1.807, 2.05) is 23.9 Å². The quantitative estimate of drug-likeness (QED) is 0.714. The van der Waals surface area contributed by atoms with Gasteiger partial charge in [0.05, 0.1) is 11.2 Å². The summed E-state index contributed by atoms with van der Waals surface area (Å²) < 4.78 is 17.8. The summed E-state index contributed by atoms with van der Waals surface area (Å²) in [6.07, 6.45) is 1.84. The lowest BCUT2D eigenvalue weighted by Crippen LogP contribution is -1.96. The minimum Gasteiger partial charge on any atom is -0.384 e. The van der Waals surface area contributed by atoms with Gasteiger partial charge in [0.2, 0.25) is 0 Å². The number of halogens is 1. The first-order valence-electron chi connectivity index (χ1n) is 5.61. The van der Waals surface area contributed by atoms with E-state index >= 15 is 0 Å². The number of nitrogens with two attached hydrogens (primary N) is 1. The highest BCUT2D eigenvalue weighted by molar-refractivity contribution is 5.86. The van der Waals surface area contributed by atoms with E-state index in [0.717, 1.165) is 5.52 Å². The number of nitrogen functional groups attached to an aromatic ring is 1. The Hall–Kier alpha value is -2.30. The van der Waals surface area contributed by atoms with E-state index in [2.05, 4.69) is 5.10 Å². The number of hydrogen-bond acceptors (Lipinski definition) is 2. The van der Waals surface area contributed by atoms with Crippen LogP contribution >= 0.6 is 0 Å². The molecule has 0 bridgehead atoms. The summed E-state index contributed by atoms with van der Waals surface area (Å²) in [6, 6.07) is 7.06. The maximum absolute atomic E-state index is 14.4. The van der Waals surface area contributed by atoms with Crippen LogP contribution in [0.5, 0.6) is 0 Å². The zero-order valence-electron chi connectivity index (χ0n) is 10.2. The van der Waals surface area contributed by atoms with Crippen molar-refractivity contribution in [2.45, 2.75) is 0 Å². The van der Waals surface area contributed by atoms with Crippen LogP contribution in [0.15, 0.2) is 30.5 Å². The number of anilines is 1. The van der Waals surface area contributed by atoms with Gasteiger partial charge in [-0.1, -0.05) is 0 Å². The smallest absolute Gasteiger partial charge is 0.142 e. The lowest BCUT2D eigenvalue weighted by Gasteiger charge is -2.02. The monoisotopic (exact) mass is 244 g/mol. The molecule has 0 radical (unpaired) electrons. The molecule has 92 valence electrons. The Morgan fingerprint density at radius 1 is 1.22 bits per heavy atom. The van der Waals surface area contributed by atoms with Crippen molar-refractivity contribution in [3.05, 3.63) is 36.3 Å². The number of benzene rings is 1. The van der Waals surface area contributed by atoms with Gasteiger partial charge in [-0.15, -0.1) is 0 Å². The van der Waals surface area contributed by atoms with Crippen molar-refractivity contribution in [1.29, 1.82) is 0 Å². The van der Waals surface area contributed by atoms with Gasteiger partial charge in [-0.2, -0.15) is 5.10 Å². The van der Waals surface area contributed by atoms with Gasteiger partial charge in [-0.25, -0.2) is 4.39 Å². The molecule has 0 saturated heterocycles. The number of nitrogens with zero attached hydrogens (tertiary/aromatic N) is 3. The van der Waals surface area contributed by atoms with Crippen molar-refractivity contribution in [2.75, 3.05) is 5.73 Å². The standard InChI is InChI=1S/C13H13FN4/c1-17-6-5-9-11(17)4-3-8(13(9)14)10-7-12(15)18(2)16-10/h3-7H,15H2,1-2H3. The Kier molecular flexibility index (Phi) is 2.16. The molecule has 1 aromatic carbocycles. The van der Waals surface area contributed by atoms with Gasteiger partial charge in [-0.3, -0.25) is 4.68 Å². The van der Waals surface area contributed by atoms with Gasteiger partial charge in [0.15, 0.2) is 0 Å². The van der Waals surface area contributed by atoms with Crippen molar-refractivity contribution >= 4 is 16.7 Å². The molecule has 0 aliphatic rings. The van der Waals surface area contributed by atoms with Crippen LogP contribution in [-0.2, 0) is 14.1 Å². The van der Waals surface area contributed by atoms with Crippen LogP contribution in [0.4, 0.5) is 10.2 Å². The Morgan fingerprint density at radius 3 is 2.67 bits per heavy atom. The van der Waals surface area contributed by atoms with E-state index in [9.17, 15) is 4.39 Å². The molecule has 4 nitrogen and oxygen atoms in total. The molecule has 0 aliphatic carbocycles. The summed E-state index contributed by atoms with van der Waals surface area (Å²) >= 11 is 0. The molecule has 3 aromatic rings. The van der Waals surface area contributed by atoms with Gasteiger partial charge in [-0.05, 0) is 18.2 Å². The molecule has 0 amide bonds. The van der Waals surface area contributed by atoms with Crippen LogP contribution in [-0.4, -0.2) is 14.3 Å². The Morgan fingerprint density at radius 2 is 2.00 bits per heavy atom. The predicted molar refractivity (Wildman–Crippen MR) is 69.5 cm³/mol. The molecule has 0 atom stereocenters. The van der Waals surface area contributed by atoms with E-state index in [-0.39, 0.29) is 5.82 Å². The lowest BCUT2D eigenvalue weighted by atomic mass is 10.1. The minimum absolute atomic E-state index is 0.258. The summed E-state index contributed by atoms with van der Waals surface area (Å²) in [6.45, 7) is 0. The van der Waals surface area contributed by atoms with Crippen molar-refractivity contribution in [3.8, 4) is 11.3 Å².